The Morgan fingerprint density at radius 1 is 0.960 bits per heavy atom. The summed E-state index contributed by atoms with van der Waals surface area (Å²) in [5.74, 6) is -1.50. The number of hydrogen-bond acceptors (Lipinski definition) is 5. The van der Waals surface area contributed by atoms with E-state index >= 15 is 0 Å². The molecule has 0 saturated carbocycles. The van der Waals surface area contributed by atoms with Crippen LogP contribution in [0.1, 0.15) is 19.3 Å². The molecule has 2 rings (SSSR count). The quantitative estimate of drug-likeness (QED) is 0.543. The lowest BCUT2D eigenvalue weighted by Gasteiger charge is -2.09. The zero-order valence-electron chi connectivity index (χ0n) is 13.5. The molecule has 2 aromatic rings. The molecule has 0 N–H and O–H groups in total. The highest BCUT2D eigenvalue weighted by atomic mass is 35.5. The Morgan fingerprint density at radius 2 is 1.60 bits per heavy atom. The van der Waals surface area contributed by atoms with E-state index in [0.29, 0.717) is 11.5 Å². The van der Waals surface area contributed by atoms with Crippen LogP contribution >= 0.6 is 11.6 Å². The third-order valence-electron chi connectivity index (χ3n) is 3.19. The summed E-state index contributed by atoms with van der Waals surface area (Å²) in [5.41, 5.74) is 0. The van der Waals surface area contributed by atoms with Crippen LogP contribution in [0.25, 0.3) is 0 Å². The van der Waals surface area contributed by atoms with Crippen LogP contribution in [0.3, 0.4) is 0 Å². The monoisotopic (exact) mass is 366 g/mol. The van der Waals surface area contributed by atoms with E-state index in [-0.39, 0.29) is 30.0 Å². The van der Waals surface area contributed by atoms with Crippen molar-refractivity contribution in [2.75, 3.05) is 7.11 Å². The lowest BCUT2D eigenvalue weighted by molar-refractivity contribution is -0.136. The number of carbonyl (C=O) groups excluding carboxylic acids is 2. The van der Waals surface area contributed by atoms with Crippen molar-refractivity contribution < 1.29 is 28.2 Å². The van der Waals surface area contributed by atoms with Crippen molar-refractivity contribution in [1.82, 2.24) is 0 Å². The van der Waals surface area contributed by atoms with Gasteiger partial charge in [0.15, 0.2) is 23.1 Å². The first-order chi connectivity index (χ1) is 12.0. The van der Waals surface area contributed by atoms with Crippen LogP contribution in [-0.4, -0.2) is 19.0 Å². The summed E-state index contributed by atoms with van der Waals surface area (Å²) in [4.78, 5) is 23.6. The lowest BCUT2D eigenvalue weighted by Crippen LogP contribution is -2.12. The number of carbonyl (C=O) groups is 2. The van der Waals surface area contributed by atoms with Gasteiger partial charge in [-0.2, -0.15) is 0 Å². The van der Waals surface area contributed by atoms with Crippen LogP contribution in [-0.2, 0) is 9.59 Å². The normalized spacial score (nSPS) is 10.2. The minimum Gasteiger partial charge on any atom is -0.493 e. The number of methoxy groups -OCH3 is 1. The van der Waals surface area contributed by atoms with Crippen molar-refractivity contribution >= 4 is 23.5 Å². The standard InChI is InChI=1S/C18H16ClFO5/c1-23-14-8-2-3-9-15(14)24-16(21)10-5-11-17(22)25-18-12(19)6-4-7-13(18)20/h2-4,6-9H,5,10-11H2,1H3. The van der Waals surface area contributed by atoms with Crippen molar-refractivity contribution in [3.05, 3.63) is 53.3 Å². The molecule has 0 aliphatic carbocycles. The Bertz CT molecular complexity index is 743. The molecular formula is C18H16ClFO5. The van der Waals surface area contributed by atoms with E-state index in [0.717, 1.165) is 6.07 Å². The molecule has 0 bridgehead atoms. The summed E-state index contributed by atoms with van der Waals surface area (Å²) < 4.78 is 28.7. The lowest BCUT2D eigenvalue weighted by atomic mass is 10.2. The minimum atomic E-state index is -0.726. The van der Waals surface area contributed by atoms with Gasteiger partial charge in [-0.25, -0.2) is 4.39 Å². The molecule has 0 unspecified atom stereocenters. The van der Waals surface area contributed by atoms with Crippen molar-refractivity contribution in [3.8, 4) is 17.2 Å². The maximum Gasteiger partial charge on any atom is 0.311 e. The molecule has 0 saturated heterocycles. The number of esters is 2. The van der Waals surface area contributed by atoms with Gasteiger partial charge in [-0.3, -0.25) is 9.59 Å². The molecule has 0 fully saturated rings. The molecule has 0 aromatic heterocycles. The predicted molar refractivity (Wildman–Crippen MR) is 89.5 cm³/mol. The highest BCUT2D eigenvalue weighted by Crippen LogP contribution is 2.28. The highest BCUT2D eigenvalue weighted by molar-refractivity contribution is 6.32. The van der Waals surface area contributed by atoms with Crippen molar-refractivity contribution in [2.24, 2.45) is 0 Å². The fraction of sp³-hybridized carbons (Fsp3) is 0.222. The Hall–Kier alpha value is -2.60. The second-order valence-corrected chi connectivity index (χ2v) is 5.41. The van der Waals surface area contributed by atoms with E-state index in [1.54, 1.807) is 24.3 Å². The summed E-state index contributed by atoms with van der Waals surface area (Å²) in [6.07, 6.45) is 0.114. The van der Waals surface area contributed by atoms with Gasteiger partial charge in [0.2, 0.25) is 0 Å². The van der Waals surface area contributed by atoms with Gasteiger partial charge < -0.3 is 14.2 Å². The minimum absolute atomic E-state index is 0.00183. The number of para-hydroxylation sites is 3. The van der Waals surface area contributed by atoms with E-state index in [2.05, 4.69) is 0 Å². The van der Waals surface area contributed by atoms with Gasteiger partial charge in [-0.1, -0.05) is 29.8 Å². The van der Waals surface area contributed by atoms with Gasteiger partial charge in [0, 0.05) is 12.8 Å². The van der Waals surface area contributed by atoms with E-state index in [4.69, 9.17) is 25.8 Å². The Balaban J connectivity index is 1.80. The van der Waals surface area contributed by atoms with Crippen molar-refractivity contribution in [3.63, 3.8) is 0 Å². The Kier molecular flexibility index (Phi) is 6.77. The number of rotatable bonds is 7. The second-order valence-electron chi connectivity index (χ2n) is 5.00. The SMILES string of the molecule is COc1ccccc1OC(=O)CCCC(=O)Oc1c(F)cccc1Cl. The zero-order valence-corrected chi connectivity index (χ0v) is 14.2. The summed E-state index contributed by atoms with van der Waals surface area (Å²) >= 11 is 5.77. The van der Waals surface area contributed by atoms with Gasteiger partial charge in [0.25, 0.3) is 0 Å². The fourth-order valence-corrected chi connectivity index (χ4v) is 2.20. The summed E-state index contributed by atoms with van der Waals surface area (Å²) in [7, 11) is 1.47. The molecule has 0 heterocycles. The van der Waals surface area contributed by atoms with Gasteiger partial charge in [-0.05, 0) is 30.7 Å². The van der Waals surface area contributed by atoms with Gasteiger partial charge >= 0.3 is 11.9 Å². The van der Waals surface area contributed by atoms with E-state index in [1.807, 2.05) is 0 Å². The summed E-state index contributed by atoms with van der Waals surface area (Å²) in [5, 5.41) is 0.00364. The van der Waals surface area contributed by atoms with Crippen LogP contribution in [0, 0.1) is 5.82 Å². The molecule has 0 aliphatic heterocycles. The maximum atomic E-state index is 13.5. The molecule has 0 aliphatic rings. The summed E-state index contributed by atoms with van der Waals surface area (Å²) in [6.45, 7) is 0. The Labute approximate surface area is 149 Å². The van der Waals surface area contributed by atoms with Crippen LogP contribution in [0.2, 0.25) is 5.02 Å². The number of halogens is 2. The third kappa shape index (κ3) is 5.46. The van der Waals surface area contributed by atoms with Crippen molar-refractivity contribution in [1.29, 1.82) is 0 Å². The highest BCUT2D eigenvalue weighted by Gasteiger charge is 2.15. The largest absolute Gasteiger partial charge is 0.493 e. The second kappa shape index (κ2) is 9.03. The number of ether oxygens (including phenoxy) is 3. The molecule has 7 heteroatoms. The maximum absolute atomic E-state index is 13.5. The first-order valence-corrected chi connectivity index (χ1v) is 7.87. The predicted octanol–water partition coefficient (Wildman–Crippen LogP) is 4.17. The zero-order chi connectivity index (χ0) is 18.2. The average molecular weight is 367 g/mol. The van der Waals surface area contributed by atoms with E-state index in [1.165, 1.54) is 19.2 Å². The third-order valence-corrected chi connectivity index (χ3v) is 3.49. The van der Waals surface area contributed by atoms with Crippen molar-refractivity contribution in [2.45, 2.75) is 19.3 Å². The first kappa shape index (κ1) is 18.7. The topological polar surface area (TPSA) is 61.8 Å². The molecule has 132 valence electrons. The van der Waals surface area contributed by atoms with E-state index < -0.39 is 17.8 Å². The summed E-state index contributed by atoms with van der Waals surface area (Å²) in [6, 6.07) is 10.7. The van der Waals surface area contributed by atoms with Gasteiger partial charge in [-0.15, -0.1) is 0 Å². The average Bonchev–Trinajstić information content (AvgIpc) is 2.59. The fourth-order valence-electron chi connectivity index (χ4n) is 2.00. The molecule has 0 radical (unpaired) electrons. The molecule has 25 heavy (non-hydrogen) atoms. The van der Waals surface area contributed by atoms with Crippen LogP contribution in [0.5, 0.6) is 17.2 Å². The van der Waals surface area contributed by atoms with Crippen LogP contribution < -0.4 is 14.2 Å². The molecular weight excluding hydrogens is 351 g/mol. The van der Waals surface area contributed by atoms with Gasteiger partial charge in [0.05, 0.1) is 12.1 Å². The van der Waals surface area contributed by atoms with E-state index in [9.17, 15) is 14.0 Å². The molecule has 0 spiro atoms. The van der Waals surface area contributed by atoms with Crippen LogP contribution in [0.15, 0.2) is 42.5 Å². The van der Waals surface area contributed by atoms with Crippen LogP contribution in [0.4, 0.5) is 4.39 Å². The Morgan fingerprint density at radius 3 is 2.24 bits per heavy atom. The number of hydrogen-bond donors (Lipinski definition) is 0. The molecule has 5 nitrogen and oxygen atoms in total. The number of benzene rings is 2. The first-order valence-electron chi connectivity index (χ1n) is 7.49. The smallest absolute Gasteiger partial charge is 0.311 e. The molecule has 0 amide bonds. The van der Waals surface area contributed by atoms with Gasteiger partial charge in [0.1, 0.15) is 0 Å². The molecule has 2 aromatic carbocycles. The molecule has 0 atom stereocenters.